The first kappa shape index (κ1) is 12.7. The van der Waals surface area contributed by atoms with E-state index in [2.05, 4.69) is 50.2 Å². The smallest absolute Gasteiger partial charge is 0.121 e. The Morgan fingerprint density at radius 2 is 2.13 bits per heavy atom. The number of nitrogens with one attached hydrogen (secondary N) is 1. The zero-order valence-electron chi connectivity index (χ0n) is 8.43. The van der Waals surface area contributed by atoms with Crippen LogP contribution in [0, 0.1) is 11.3 Å². The van der Waals surface area contributed by atoms with E-state index in [0.29, 0.717) is 0 Å². The molecule has 0 aromatic heterocycles. The van der Waals surface area contributed by atoms with Gasteiger partial charge in [0.15, 0.2) is 0 Å². The molecule has 1 atom stereocenters. The van der Waals surface area contributed by atoms with E-state index in [9.17, 15) is 0 Å². The average molecular weight is 332 g/mol. The van der Waals surface area contributed by atoms with Crippen molar-refractivity contribution in [1.29, 1.82) is 5.26 Å². The molecule has 4 heteroatoms. The molecule has 15 heavy (non-hydrogen) atoms. The Morgan fingerprint density at radius 3 is 2.67 bits per heavy atom. The predicted molar refractivity (Wildman–Crippen MR) is 68.5 cm³/mol. The summed E-state index contributed by atoms with van der Waals surface area (Å²) in [6.45, 7) is 2.94. The Labute approximate surface area is 107 Å². The van der Waals surface area contributed by atoms with Crippen molar-refractivity contribution in [3.8, 4) is 6.07 Å². The van der Waals surface area contributed by atoms with Gasteiger partial charge in [0.25, 0.3) is 0 Å². The highest BCUT2D eigenvalue weighted by Crippen LogP contribution is 2.26. The van der Waals surface area contributed by atoms with E-state index in [0.717, 1.165) is 27.5 Å². The van der Waals surface area contributed by atoms with Gasteiger partial charge in [0.05, 0.1) is 6.07 Å². The summed E-state index contributed by atoms with van der Waals surface area (Å²) in [5.41, 5.74) is 0.987. The van der Waals surface area contributed by atoms with E-state index in [1.165, 1.54) is 0 Å². The van der Waals surface area contributed by atoms with Gasteiger partial charge in [-0.2, -0.15) is 5.26 Å². The average Bonchev–Trinajstić information content (AvgIpc) is 2.24. The summed E-state index contributed by atoms with van der Waals surface area (Å²) in [5, 5.41) is 12.2. The van der Waals surface area contributed by atoms with E-state index < -0.39 is 0 Å². The Hall–Kier alpha value is -0.370. The monoisotopic (exact) mass is 330 g/mol. The minimum atomic E-state index is -0.227. The lowest BCUT2D eigenvalue weighted by molar-refractivity contribution is 0.621. The molecule has 0 aliphatic heterocycles. The molecule has 0 radical (unpaired) electrons. The van der Waals surface area contributed by atoms with Gasteiger partial charge in [0, 0.05) is 8.95 Å². The van der Waals surface area contributed by atoms with E-state index in [1.54, 1.807) is 0 Å². The first-order chi connectivity index (χ1) is 7.19. The van der Waals surface area contributed by atoms with Crippen molar-refractivity contribution in [2.75, 3.05) is 6.54 Å². The first-order valence-electron chi connectivity index (χ1n) is 4.77. The molecule has 80 valence electrons. The normalized spacial score (nSPS) is 12.1. The third-order valence-corrected chi connectivity index (χ3v) is 3.88. The number of nitrogens with zero attached hydrogens (tertiary/aromatic N) is 1. The van der Waals surface area contributed by atoms with Crippen LogP contribution in [0.4, 0.5) is 0 Å². The van der Waals surface area contributed by atoms with Crippen LogP contribution < -0.4 is 5.32 Å². The van der Waals surface area contributed by atoms with Gasteiger partial charge < -0.3 is 0 Å². The summed E-state index contributed by atoms with van der Waals surface area (Å²) >= 11 is 6.83. The molecule has 0 aliphatic carbocycles. The molecule has 0 saturated heterocycles. The topological polar surface area (TPSA) is 35.8 Å². The van der Waals surface area contributed by atoms with Crippen molar-refractivity contribution < 1.29 is 0 Å². The molecule has 1 N–H and O–H groups in total. The van der Waals surface area contributed by atoms with Gasteiger partial charge in [0.2, 0.25) is 0 Å². The van der Waals surface area contributed by atoms with Crippen LogP contribution in [0.25, 0.3) is 0 Å². The number of benzene rings is 1. The Bertz CT molecular complexity index is 371. The molecule has 1 rings (SSSR count). The molecule has 1 aromatic carbocycles. The molecule has 0 spiro atoms. The Balaban J connectivity index is 2.84. The molecule has 1 unspecified atom stereocenters. The van der Waals surface area contributed by atoms with Crippen molar-refractivity contribution in [1.82, 2.24) is 5.32 Å². The summed E-state index contributed by atoms with van der Waals surface area (Å²) in [6.07, 6.45) is 1.02. The third-order valence-electron chi connectivity index (χ3n) is 2.00. The third kappa shape index (κ3) is 3.60. The van der Waals surface area contributed by atoms with Crippen molar-refractivity contribution in [2.24, 2.45) is 0 Å². The highest BCUT2D eigenvalue weighted by atomic mass is 79.9. The summed E-state index contributed by atoms with van der Waals surface area (Å²) in [7, 11) is 0. The molecule has 0 amide bonds. The van der Waals surface area contributed by atoms with E-state index in [-0.39, 0.29) is 6.04 Å². The molecule has 2 nitrogen and oxygen atoms in total. The van der Waals surface area contributed by atoms with Crippen LogP contribution in [0.3, 0.4) is 0 Å². The summed E-state index contributed by atoms with van der Waals surface area (Å²) < 4.78 is 1.97. The summed E-state index contributed by atoms with van der Waals surface area (Å²) in [4.78, 5) is 0. The second kappa shape index (κ2) is 6.26. The predicted octanol–water partition coefficient (Wildman–Crippen LogP) is 3.78. The lowest BCUT2D eigenvalue weighted by Crippen LogP contribution is -2.20. The number of rotatable bonds is 4. The van der Waals surface area contributed by atoms with Crippen LogP contribution in [-0.4, -0.2) is 6.54 Å². The largest absolute Gasteiger partial charge is 0.298 e. The minimum Gasteiger partial charge on any atom is -0.298 e. The fourth-order valence-corrected chi connectivity index (χ4v) is 1.86. The SMILES string of the molecule is CCCNC(C#N)c1ccc(Br)c(Br)c1. The second-order valence-electron chi connectivity index (χ2n) is 3.19. The van der Waals surface area contributed by atoms with E-state index >= 15 is 0 Å². The standard InChI is InChI=1S/C11H12Br2N2/c1-2-5-15-11(7-14)8-3-4-9(12)10(13)6-8/h3-4,6,11,15H,2,5H2,1H3. The van der Waals surface area contributed by atoms with Crippen molar-refractivity contribution in [3.63, 3.8) is 0 Å². The van der Waals surface area contributed by atoms with Gasteiger partial charge in [-0.15, -0.1) is 0 Å². The van der Waals surface area contributed by atoms with Crippen molar-refractivity contribution in [3.05, 3.63) is 32.7 Å². The molecular weight excluding hydrogens is 320 g/mol. The molecule has 0 heterocycles. The number of halogens is 2. The number of hydrogen-bond acceptors (Lipinski definition) is 2. The Kier molecular flexibility index (Phi) is 5.30. The van der Waals surface area contributed by atoms with Gasteiger partial charge in [-0.05, 0) is 62.5 Å². The molecule has 0 saturated carbocycles. The van der Waals surface area contributed by atoms with Crippen molar-refractivity contribution >= 4 is 31.9 Å². The quantitative estimate of drug-likeness (QED) is 0.911. The molecule has 0 aliphatic rings. The first-order valence-corrected chi connectivity index (χ1v) is 6.35. The maximum atomic E-state index is 9.03. The van der Waals surface area contributed by atoms with Crippen LogP contribution in [0.5, 0.6) is 0 Å². The maximum absolute atomic E-state index is 9.03. The molecule has 1 aromatic rings. The summed E-state index contributed by atoms with van der Waals surface area (Å²) in [6, 6.07) is 7.88. The van der Waals surface area contributed by atoms with Crippen LogP contribution in [0.1, 0.15) is 24.9 Å². The molecular formula is C11H12Br2N2. The van der Waals surface area contributed by atoms with Crippen LogP contribution in [0.15, 0.2) is 27.1 Å². The minimum absolute atomic E-state index is 0.227. The second-order valence-corrected chi connectivity index (χ2v) is 4.90. The van der Waals surface area contributed by atoms with Gasteiger partial charge in [0.1, 0.15) is 6.04 Å². The van der Waals surface area contributed by atoms with Gasteiger partial charge in [-0.1, -0.05) is 13.0 Å². The lowest BCUT2D eigenvalue weighted by atomic mass is 10.1. The van der Waals surface area contributed by atoms with Crippen LogP contribution in [-0.2, 0) is 0 Å². The number of hydrogen-bond donors (Lipinski definition) is 1. The van der Waals surface area contributed by atoms with E-state index in [1.807, 2.05) is 18.2 Å². The Morgan fingerprint density at radius 1 is 1.40 bits per heavy atom. The zero-order valence-corrected chi connectivity index (χ0v) is 11.6. The van der Waals surface area contributed by atoms with Gasteiger partial charge in [-0.3, -0.25) is 5.32 Å². The lowest BCUT2D eigenvalue weighted by Gasteiger charge is -2.11. The number of nitriles is 1. The van der Waals surface area contributed by atoms with Gasteiger partial charge in [-0.25, -0.2) is 0 Å². The van der Waals surface area contributed by atoms with Crippen LogP contribution >= 0.6 is 31.9 Å². The summed E-state index contributed by atoms with van der Waals surface area (Å²) in [5.74, 6) is 0. The maximum Gasteiger partial charge on any atom is 0.121 e. The van der Waals surface area contributed by atoms with Crippen LogP contribution in [0.2, 0.25) is 0 Å². The highest BCUT2D eigenvalue weighted by molar-refractivity contribution is 9.13. The fourth-order valence-electron chi connectivity index (χ4n) is 1.22. The molecule has 0 fully saturated rings. The fraction of sp³-hybridized carbons (Fsp3) is 0.364. The highest BCUT2D eigenvalue weighted by Gasteiger charge is 2.10. The zero-order chi connectivity index (χ0) is 11.3. The van der Waals surface area contributed by atoms with E-state index in [4.69, 9.17) is 5.26 Å². The van der Waals surface area contributed by atoms with Gasteiger partial charge >= 0.3 is 0 Å². The molecule has 0 bridgehead atoms. The van der Waals surface area contributed by atoms with Crippen molar-refractivity contribution in [2.45, 2.75) is 19.4 Å².